The summed E-state index contributed by atoms with van der Waals surface area (Å²) in [6.45, 7) is 2.49. The first-order chi connectivity index (χ1) is 7.69. The van der Waals surface area contributed by atoms with Crippen molar-refractivity contribution >= 4 is 17.5 Å². The monoisotopic (exact) mass is 245 g/mol. The lowest BCUT2D eigenvalue weighted by Gasteiger charge is -2.43. The molecule has 3 nitrogen and oxygen atoms in total. The first kappa shape index (κ1) is 12.2. The highest BCUT2D eigenvalue weighted by Crippen LogP contribution is 2.42. The van der Waals surface area contributed by atoms with Crippen molar-refractivity contribution in [1.29, 1.82) is 0 Å². The van der Waals surface area contributed by atoms with Gasteiger partial charge in [0.25, 0.3) is 0 Å². The first-order valence-corrected chi connectivity index (χ1v) is 6.55. The van der Waals surface area contributed by atoms with E-state index >= 15 is 0 Å². The zero-order valence-electron chi connectivity index (χ0n) is 9.88. The predicted molar refractivity (Wildman–Crippen MR) is 63.6 cm³/mol. The van der Waals surface area contributed by atoms with Gasteiger partial charge in [-0.15, -0.1) is 11.6 Å². The molecule has 92 valence electrons. The molecular formula is C12H20ClNO2. The molecule has 4 heteroatoms. The molecule has 2 rings (SSSR count). The molecule has 0 spiro atoms. The lowest BCUT2D eigenvalue weighted by molar-refractivity contribution is -0.131. The third-order valence-corrected chi connectivity index (χ3v) is 4.34. The molecule has 0 aromatic carbocycles. The molecule has 2 aliphatic rings. The SMILES string of the molecule is COCC1(CN2CC(CCl)CC2=O)CCC1. The van der Waals surface area contributed by atoms with Crippen LogP contribution in [0.5, 0.6) is 0 Å². The van der Waals surface area contributed by atoms with Crippen LogP contribution in [-0.4, -0.2) is 43.5 Å². The van der Waals surface area contributed by atoms with E-state index in [2.05, 4.69) is 0 Å². The van der Waals surface area contributed by atoms with Crippen molar-refractivity contribution in [3.05, 3.63) is 0 Å². The molecule has 16 heavy (non-hydrogen) atoms. The van der Waals surface area contributed by atoms with E-state index in [0.717, 1.165) is 19.7 Å². The average molecular weight is 246 g/mol. The van der Waals surface area contributed by atoms with Crippen LogP contribution < -0.4 is 0 Å². The van der Waals surface area contributed by atoms with Crippen LogP contribution >= 0.6 is 11.6 Å². The van der Waals surface area contributed by atoms with Crippen molar-refractivity contribution in [2.75, 3.05) is 32.7 Å². The largest absolute Gasteiger partial charge is 0.384 e. The maximum atomic E-state index is 11.8. The van der Waals surface area contributed by atoms with Crippen LogP contribution in [0.4, 0.5) is 0 Å². The Kier molecular flexibility index (Phi) is 3.75. The van der Waals surface area contributed by atoms with Crippen LogP contribution in [-0.2, 0) is 9.53 Å². The molecule has 0 radical (unpaired) electrons. The number of likely N-dealkylation sites (tertiary alicyclic amines) is 1. The minimum atomic E-state index is 0.242. The molecule has 1 heterocycles. The molecule has 1 saturated heterocycles. The molecule has 0 N–H and O–H groups in total. The normalized spacial score (nSPS) is 28.2. The van der Waals surface area contributed by atoms with Gasteiger partial charge in [0.2, 0.25) is 5.91 Å². The van der Waals surface area contributed by atoms with Crippen LogP contribution in [0.3, 0.4) is 0 Å². The number of nitrogens with zero attached hydrogens (tertiary/aromatic N) is 1. The van der Waals surface area contributed by atoms with Gasteiger partial charge in [-0.05, 0) is 18.8 Å². The third kappa shape index (κ3) is 2.35. The summed E-state index contributed by atoms with van der Waals surface area (Å²) < 4.78 is 5.28. The van der Waals surface area contributed by atoms with Crippen molar-refractivity contribution in [2.45, 2.75) is 25.7 Å². The molecule has 1 atom stereocenters. The molecular weight excluding hydrogens is 226 g/mol. The number of ether oxygens (including phenoxy) is 1. The van der Waals surface area contributed by atoms with Gasteiger partial charge < -0.3 is 9.64 Å². The van der Waals surface area contributed by atoms with Crippen molar-refractivity contribution in [3.63, 3.8) is 0 Å². The van der Waals surface area contributed by atoms with Crippen molar-refractivity contribution in [2.24, 2.45) is 11.3 Å². The number of hydrogen-bond acceptors (Lipinski definition) is 2. The van der Waals surface area contributed by atoms with Crippen LogP contribution in [0.25, 0.3) is 0 Å². The van der Waals surface area contributed by atoms with Crippen LogP contribution in [0.15, 0.2) is 0 Å². The van der Waals surface area contributed by atoms with Gasteiger partial charge >= 0.3 is 0 Å². The van der Waals surface area contributed by atoms with E-state index < -0.39 is 0 Å². The highest BCUT2D eigenvalue weighted by molar-refractivity contribution is 6.18. The quantitative estimate of drug-likeness (QED) is 0.693. The number of amides is 1. The Morgan fingerprint density at radius 1 is 1.56 bits per heavy atom. The summed E-state index contributed by atoms with van der Waals surface area (Å²) in [6.07, 6.45) is 4.28. The first-order valence-electron chi connectivity index (χ1n) is 6.02. The molecule has 0 aromatic heterocycles. The summed E-state index contributed by atoms with van der Waals surface area (Å²) >= 11 is 5.82. The summed E-state index contributed by atoms with van der Waals surface area (Å²) in [4.78, 5) is 13.8. The van der Waals surface area contributed by atoms with Gasteiger partial charge in [-0.1, -0.05) is 6.42 Å². The third-order valence-electron chi connectivity index (χ3n) is 3.90. The minimum absolute atomic E-state index is 0.242. The van der Waals surface area contributed by atoms with Crippen molar-refractivity contribution < 1.29 is 9.53 Å². The smallest absolute Gasteiger partial charge is 0.222 e. The molecule has 1 amide bonds. The zero-order chi connectivity index (χ0) is 11.6. The Hall–Kier alpha value is -0.280. The summed E-state index contributed by atoms with van der Waals surface area (Å²) in [6, 6.07) is 0. The fourth-order valence-electron chi connectivity index (χ4n) is 2.85. The van der Waals surface area contributed by atoms with Crippen LogP contribution in [0, 0.1) is 11.3 Å². The number of methoxy groups -OCH3 is 1. The maximum absolute atomic E-state index is 11.8. The maximum Gasteiger partial charge on any atom is 0.222 e. The lowest BCUT2D eigenvalue weighted by Crippen LogP contribution is -2.45. The Morgan fingerprint density at radius 2 is 2.31 bits per heavy atom. The van der Waals surface area contributed by atoms with Crippen molar-refractivity contribution in [1.82, 2.24) is 4.90 Å². The molecule has 0 aromatic rings. The molecule has 2 fully saturated rings. The topological polar surface area (TPSA) is 29.5 Å². The summed E-state index contributed by atoms with van der Waals surface area (Å²) in [7, 11) is 1.74. The highest BCUT2D eigenvalue weighted by Gasteiger charge is 2.41. The number of rotatable bonds is 5. The second kappa shape index (κ2) is 4.92. The van der Waals surface area contributed by atoms with E-state index in [1.54, 1.807) is 7.11 Å². The second-order valence-electron chi connectivity index (χ2n) is 5.29. The van der Waals surface area contributed by atoms with Gasteiger partial charge in [-0.3, -0.25) is 4.79 Å². The lowest BCUT2D eigenvalue weighted by atomic mass is 9.69. The number of halogens is 1. The highest BCUT2D eigenvalue weighted by atomic mass is 35.5. The zero-order valence-corrected chi connectivity index (χ0v) is 10.6. The number of hydrogen-bond donors (Lipinski definition) is 0. The average Bonchev–Trinajstić information content (AvgIpc) is 2.56. The van der Waals surface area contributed by atoms with E-state index in [1.807, 2.05) is 4.90 Å². The van der Waals surface area contributed by atoms with Gasteiger partial charge in [0.15, 0.2) is 0 Å². The molecule has 1 aliphatic carbocycles. The number of alkyl halides is 1. The van der Waals surface area contributed by atoms with E-state index in [1.165, 1.54) is 19.3 Å². The summed E-state index contributed by atoms with van der Waals surface area (Å²) in [5.41, 5.74) is 0.242. The van der Waals surface area contributed by atoms with Gasteiger partial charge in [0, 0.05) is 37.9 Å². The molecule has 1 saturated carbocycles. The fraction of sp³-hybridized carbons (Fsp3) is 0.917. The van der Waals surface area contributed by atoms with Gasteiger partial charge in [-0.25, -0.2) is 0 Å². The minimum Gasteiger partial charge on any atom is -0.384 e. The van der Waals surface area contributed by atoms with Gasteiger partial charge in [0.1, 0.15) is 0 Å². The van der Waals surface area contributed by atoms with E-state index in [9.17, 15) is 4.79 Å². The van der Waals surface area contributed by atoms with Gasteiger partial charge in [0.05, 0.1) is 6.61 Å². The molecule has 1 unspecified atom stereocenters. The Bertz CT molecular complexity index is 266. The van der Waals surface area contributed by atoms with Gasteiger partial charge in [-0.2, -0.15) is 0 Å². The Labute approximate surface area is 102 Å². The summed E-state index contributed by atoms with van der Waals surface area (Å²) in [5.74, 6) is 1.22. The fourth-order valence-corrected chi connectivity index (χ4v) is 3.05. The Morgan fingerprint density at radius 3 is 2.75 bits per heavy atom. The van der Waals surface area contributed by atoms with Crippen LogP contribution in [0.1, 0.15) is 25.7 Å². The van der Waals surface area contributed by atoms with Crippen LogP contribution in [0.2, 0.25) is 0 Å². The summed E-state index contributed by atoms with van der Waals surface area (Å²) in [5, 5.41) is 0. The molecule has 0 bridgehead atoms. The standard InChI is InChI=1S/C12H20ClNO2/c1-16-9-12(3-2-4-12)8-14-7-10(6-13)5-11(14)15/h10H,2-9H2,1H3. The van der Waals surface area contributed by atoms with E-state index in [-0.39, 0.29) is 11.3 Å². The molecule has 1 aliphatic heterocycles. The predicted octanol–water partition coefficient (Wildman–Crippen LogP) is 1.89. The Balaban J connectivity index is 1.91. The van der Waals surface area contributed by atoms with E-state index in [0.29, 0.717) is 18.2 Å². The number of carbonyl (C=O) groups excluding carboxylic acids is 1. The van der Waals surface area contributed by atoms with Crippen molar-refractivity contribution in [3.8, 4) is 0 Å². The second-order valence-corrected chi connectivity index (χ2v) is 5.59. The van der Waals surface area contributed by atoms with E-state index in [4.69, 9.17) is 16.3 Å². The number of carbonyl (C=O) groups is 1.